The van der Waals surface area contributed by atoms with E-state index in [0.29, 0.717) is 14.8 Å². The van der Waals surface area contributed by atoms with Crippen molar-refractivity contribution < 1.29 is 4.79 Å². The summed E-state index contributed by atoms with van der Waals surface area (Å²) in [7, 11) is 0. The van der Waals surface area contributed by atoms with Gasteiger partial charge in [0.1, 0.15) is 0 Å². The number of hydrogen-bond donors (Lipinski definition) is 1. The van der Waals surface area contributed by atoms with Crippen molar-refractivity contribution in [2.24, 2.45) is 0 Å². The van der Waals surface area contributed by atoms with E-state index < -0.39 is 0 Å². The highest BCUT2D eigenvalue weighted by molar-refractivity contribution is 9.10. The topological polar surface area (TPSA) is 32.9 Å². The fraction of sp³-hybridized carbons (Fsp3) is 0. The van der Waals surface area contributed by atoms with Gasteiger partial charge in [-0.3, -0.25) is 4.79 Å². The molecule has 0 radical (unpaired) electrons. The highest BCUT2D eigenvalue weighted by atomic mass is 79.9. The second-order valence-electron chi connectivity index (χ2n) is 3.80. The fourth-order valence-electron chi connectivity index (χ4n) is 1.89. The minimum Gasteiger partial charge on any atom is -0.360 e. The summed E-state index contributed by atoms with van der Waals surface area (Å²) in [4.78, 5) is 16.2. The Morgan fingerprint density at radius 3 is 2.83 bits per heavy atom. The first-order chi connectivity index (χ1) is 8.66. The zero-order valence-corrected chi connectivity index (χ0v) is 12.2. The Labute approximate surface area is 121 Å². The van der Waals surface area contributed by atoms with Crippen LogP contribution < -0.4 is 0 Å². The molecule has 0 amide bonds. The molecule has 1 N–H and O–H groups in total. The van der Waals surface area contributed by atoms with Crippen LogP contribution in [-0.2, 0) is 0 Å². The Balaban J connectivity index is 2.18. The van der Waals surface area contributed by atoms with Crippen LogP contribution in [0.25, 0.3) is 10.9 Å². The number of carbonyl (C=O) groups is 1. The summed E-state index contributed by atoms with van der Waals surface area (Å²) in [5.41, 5.74) is 1.60. The number of H-pyrrole nitrogens is 1. The van der Waals surface area contributed by atoms with Crippen molar-refractivity contribution in [3.05, 3.63) is 55.8 Å². The minimum atomic E-state index is -0.00921. The van der Waals surface area contributed by atoms with E-state index in [1.807, 2.05) is 18.2 Å². The van der Waals surface area contributed by atoms with Gasteiger partial charge in [-0.2, -0.15) is 0 Å². The maximum atomic E-state index is 12.4. The Hall–Kier alpha value is -1.10. The van der Waals surface area contributed by atoms with Crippen molar-refractivity contribution in [3.8, 4) is 0 Å². The molecule has 0 saturated heterocycles. The summed E-state index contributed by atoms with van der Waals surface area (Å²) < 4.78 is 1.53. The molecule has 0 spiro atoms. The molecule has 90 valence electrons. The predicted octanol–water partition coefficient (Wildman–Crippen LogP) is 4.88. The zero-order chi connectivity index (χ0) is 12.7. The van der Waals surface area contributed by atoms with E-state index in [4.69, 9.17) is 11.6 Å². The fourth-order valence-corrected chi connectivity index (χ4v) is 3.47. The van der Waals surface area contributed by atoms with Crippen LogP contribution in [-0.4, -0.2) is 10.8 Å². The second kappa shape index (κ2) is 4.53. The van der Waals surface area contributed by atoms with Gasteiger partial charge in [0.25, 0.3) is 0 Å². The predicted molar refractivity (Wildman–Crippen MR) is 78.8 cm³/mol. The third kappa shape index (κ3) is 1.90. The Morgan fingerprint density at radius 2 is 2.11 bits per heavy atom. The number of thiophene rings is 1. The Morgan fingerprint density at radius 1 is 1.28 bits per heavy atom. The Bertz CT molecular complexity index is 746. The summed E-state index contributed by atoms with van der Waals surface area (Å²) in [6, 6.07) is 9.29. The molecule has 5 heteroatoms. The van der Waals surface area contributed by atoms with Crippen LogP contribution in [0.15, 0.2) is 41.0 Å². The first-order valence-corrected chi connectivity index (χ1v) is 7.21. The van der Waals surface area contributed by atoms with Crippen LogP contribution in [0.3, 0.4) is 0 Å². The van der Waals surface area contributed by atoms with Gasteiger partial charge in [-0.25, -0.2) is 0 Å². The van der Waals surface area contributed by atoms with E-state index in [0.717, 1.165) is 15.4 Å². The lowest BCUT2D eigenvalue weighted by molar-refractivity contribution is 0.104. The van der Waals surface area contributed by atoms with Crippen molar-refractivity contribution in [2.45, 2.75) is 0 Å². The number of aromatic amines is 1. The molecular formula is C13H7BrClNOS. The molecule has 1 aromatic carbocycles. The number of rotatable bonds is 2. The minimum absolute atomic E-state index is 0.00921. The maximum Gasteiger partial charge on any atom is 0.205 e. The van der Waals surface area contributed by atoms with Crippen LogP contribution >= 0.6 is 38.9 Å². The van der Waals surface area contributed by atoms with Crippen LogP contribution in [0.1, 0.15) is 15.2 Å². The lowest BCUT2D eigenvalue weighted by Crippen LogP contribution is -1.97. The quantitative estimate of drug-likeness (QED) is 0.663. The molecular weight excluding hydrogens is 334 g/mol. The van der Waals surface area contributed by atoms with Crippen LogP contribution in [0.5, 0.6) is 0 Å². The van der Waals surface area contributed by atoms with E-state index in [-0.39, 0.29) is 5.78 Å². The van der Waals surface area contributed by atoms with Gasteiger partial charge in [-0.15, -0.1) is 11.3 Å². The summed E-state index contributed by atoms with van der Waals surface area (Å²) in [6.45, 7) is 0. The summed E-state index contributed by atoms with van der Waals surface area (Å²) >= 11 is 10.6. The average molecular weight is 341 g/mol. The molecule has 0 saturated carbocycles. The first-order valence-electron chi connectivity index (χ1n) is 5.22. The van der Waals surface area contributed by atoms with Crippen molar-refractivity contribution in [3.63, 3.8) is 0 Å². The number of aromatic nitrogens is 1. The lowest BCUT2D eigenvalue weighted by atomic mass is 10.1. The van der Waals surface area contributed by atoms with Gasteiger partial charge in [0.05, 0.1) is 9.21 Å². The molecule has 0 aliphatic heterocycles. The number of carbonyl (C=O) groups excluding carboxylic acids is 1. The number of halogens is 2. The number of nitrogens with one attached hydrogen (secondary N) is 1. The molecule has 18 heavy (non-hydrogen) atoms. The summed E-state index contributed by atoms with van der Waals surface area (Å²) in [5.74, 6) is -0.00921. The highest BCUT2D eigenvalue weighted by Gasteiger charge is 2.17. The molecule has 2 nitrogen and oxygen atoms in total. The van der Waals surface area contributed by atoms with Gasteiger partial charge in [0.2, 0.25) is 5.78 Å². The van der Waals surface area contributed by atoms with Gasteiger partial charge in [0, 0.05) is 27.1 Å². The SMILES string of the molecule is O=C(c1ccc(Cl)s1)c1c[nH]c2cccc(Br)c12. The standard InChI is InChI=1S/C13H7BrClNOS/c14-8-2-1-3-9-12(8)7(6-16-9)13(17)10-4-5-11(15)18-10/h1-6,16H. The highest BCUT2D eigenvalue weighted by Crippen LogP contribution is 2.30. The molecule has 0 unspecified atom stereocenters. The van der Waals surface area contributed by atoms with Crippen molar-refractivity contribution in [1.29, 1.82) is 0 Å². The van der Waals surface area contributed by atoms with E-state index >= 15 is 0 Å². The normalized spacial score (nSPS) is 11.0. The van der Waals surface area contributed by atoms with E-state index in [1.54, 1.807) is 18.3 Å². The molecule has 0 fully saturated rings. The van der Waals surface area contributed by atoms with Gasteiger partial charge in [-0.05, 0) is 24.3 Å². The smallest absolute Gasteiger partial charge is 0.205 e. The second-order valence-corrected chi connectivity index (χ2v) is 6.37. The zero-order valence-electron chi connectivity index (χ0n) is 9.04. The number of ketones is 1. The Kier molecular flexibility index (Phi) is 3.01. The molecule has 0 atom stereocenters. The third-order valence-corrected chi connectivity index (χ3v) is 4.59. The van der Waals surface area contributed by atoms with Crippen molar-refractivity contribution in [1.82, 2.24) is 4.98 Å². The molecule has 0 aliphatic carbocycles. The number of benzene rings is 1. The van der Waals surface area contributed by atoms with Crippen LogP contribution in [0, 0.1) is 0 Å². The van der Waals surface area contributed by atoms with Gasteiger partial charge in [-0.1, -0.05) is 33.6 Å². The molecule has 3 rings (SSSR count). The van der Waals surface area contributed by atoms with Crippen LogP contribution in [0.4, 0.5) is 0 Å². The molecule has 0 aliphatic rings. The van der Waals surface area contributed by atoms with Crippen molar-refractivity contribution >= 4 is 55.6 Å². The largest absolute Gasteiger partial charge is 0.360 e. The van der Waals surface area contributed by atoms with E-state index in [9.17, 15) is 4.79 Å². The van der Waals surface area contributed by atoms with Gasteiger partial charge >= 0.3 is 0 Å². The van der Waals surface area contributed by atoms with Crippen molar-refractivity contribution in [2.75, 3.05) is 0 Å². The molecule has 3 aromatic rings. The lowest BCUT2D eigenvalue weighted by Gasteiger charge is -1.98. The van der Waals surface area contributed by atoms with Gasteiger partial charge < -0.3 is 4.98 Å². The average Bonchev–Trinajstić information content (AvgIpc) is 2.95. The number of fused-ring (bicyclic) bond motifs is 1. The van der Waals surface area contributed by atoms with Crippen LogP contribution in [0.2, 0.25) is 4.34 Å². The summed E-state index contributed by atoms with van der Waals surface area (Å²) in [5, 5.41) is 0.909. The maximum absolute atomic E-state index is 12.4. The van der Waals surface area contributed by atoms with Gasteiger partial charge in [0.15, 0.2) is 0 Å². The molecule has 2 heterocycles. The monoisotopic (exact) mass is 339 g/mol. The summed E-state index contributed by atoms with van der Waals surface area (Å²) in [6.07, 6.45) is 1.74. The molecule has 2 aromatic heterocycles. The molecule has 0 bridgehead atoms. The van der Waals surface area contributed by atoms with E-state index in [1.165, 1.54) is 11.3 Å². The van der Waals surface area contributed by atoms with E-state index in [2.05, 4.69) is 20.9 Å². The third-order valence-electron chi connectivity index (χ3n) is 2.70. The first kappa shape index (κ1) is 12.0. The number of hydrogen-bond acceptors (Lipinski definition) is 2.